The lowest BCUT2D eigenvalue weighted by molar-refractivity contribution is -0.147. The van der Waals surface area contributed by atoms with Gasteiger partial charge in [0.15, 0.2) is 13.2 Å². The molecule has 0 bridgehead atoms. The maximum absolute atomic E-state index is 13.8. The number of aliphatic hydroxyl groups is 2. The number of carbonyl (C=O) groups excluding carboxylic acids is 1. The molecule has 4 aliphatic carbocycles. The second-order valence-electron chi connectivity index (χ2n) is 24.8. The molecule has 5 N–H and O–H groups in total. The minimum Gasteiger partial charge on any atom is -0.482 e. The second kappa shape index (κ2) is 37.0. The molecule has 0 radical (unpaired) electrons. The first-order chi connectivity index (χ1) is 44.1. The van der Waals surface area contributed by atoms with Crippen LogP contribution in [-0.4, -0.2) is 101 Å². The second-order valence-corrected chi connectivity index (χ2v) is 27.7. The minimum absolute atomic E-state index is 0.0104. The summed E-state index contributed by atoms with van der Waals surface area (Å²) in [6.07, 6.45) is 15.5. The van der Waals surface area contributed by atoms with Crippen molar-refractivity contribution in [2.75, 3.05) is 39.6 Å². The van der Waals surface area contributed by atoms with Crippen LogP contribution in [0.3, 0.4) is 0 Å². The first-order valence-corrected chi connectivity index (χ1v) is 35.8. The van der Waals surface area contributed by atoms with Crippen molar-refractivity contribution in [1.29, 1.82) is 0 Å². The maximum Gasteiger partial charge on any atom is 0.475 e. The van der Waals surface area contributed by atoms with Crippen LogP contribution in [0, 0.1) is 35.5 Å². The molecule has 20 heteroatoms. The van der Waals surface area contributed by atoms with Crippen molar-refractivity contribution < 1.29 is 85.6 Å². The predicted octanol–water partition coefficient (Wildman–Crippen LogP) is 13.5. The Balaban J connectivity index is 0.000000262. The summed E-state index contributed by atoms with van der Waals surface area (Å²) in [5.41, 5.74) is 7.26. The number of unbranched alkanes of at least 4 members (excludes halogenated alkanes) is 4. The highest BCUT2D eigenvalue weighted by Gasteiger charge is 2.46. The molecular weight excluding hydrogens is 1200 g/mol. The van der Waals surface area contributed by atoms with Crippen LogP contribution < -0.4 is 9.47 Å². The van der Waals surface area contributed by atoms with E-state index >= 15 is 0 Å². The molecule has 2 fully saturated rings. The van der Waals surface area contributed by atoms with Gasteiger partial charge in [-0.3, -0.25) is 18.1 Å². The average Bonchev–Trinajstić information content (AvgIpc) is 1.77. The van der Waals surface area contributed by atoms with E-state index in [1.165, 1.54) is 11.1 Å². The lowest BCUT2D eigenvalue weighted by atomic mass is 9.73. The minimum atomic E-state index is -4.50. The van der Waals surface area contributed by atoms with Crippen LogP contribution >= 0.6 is 15.6 Å². The number of ether oxygens (including phenoxy) is 5. The van der Waals surface area contributed by atoms with Gasteiger partial charge < -0.3 is 48.8 Å². The molecule has 0 amide bonds. The SMILES string of the molecule is CCCCC[C@@H](CC[C@@H]1[C@H]2Cc3cccc(OCC(=O)O)c3C[C@H]2C[C@H]1O)OCCOP(=O)(O)O.CCCCC[C@@H](CC[C@@H]1[C@H]2Cc3cccc(OCC(=O)OCc4ccccc4)c3C[C@H]2C[C@H]1O)OCCOP(=O)(OCc1ccccc1)OCc1ccccc1. The van der Waals surface area contributed by atoms with E-state index in [0.717, 1.165) is 149 Å². The van der Waals surface area contributed by atoms with Crippen molar-refractivity contribution >= 4 is 27.6 Å². The molecule has 5 aromatic rings. The largest absolute Gasteiger partial charge is 0.482 e. The van der Waals surface area contributed by atoms with Crippen molar-refractivity contribution in [3.63, 3.8) is 0 Å². The lowest BCUT2D eigenvalue weighted by Gasteiger charge is -2.33. The molecule has 0 aromatic heterocycles. The van der Waals surface area contributed by atoms with Crippen molar-refractivity contribution in [2.45, 2.75) is 174 Å². The number of aliphatic hydroxyl groups excluding tert-OH is 2. The van der Waals surface area contributed by atoms with Gasteiger partial charge in [-0.25, -0.2) is 18.7 Å². The normalized spacial score (nSPS) is 21.5. The number of aliphatic carboxylic acids is 1. The summed E-state index contributed by atoms with van der Waals surface area (Å²) in [4.78, 5) is 41.1. The Morgan fingerprint density at radius 1 is 0.505 bits per heavy atom. The highest BCUT2D eigenvalue weighted by molar-refractivity contribution is 7.48. The van der Waals surface area contributed by atoms with E-state index in [2.05, 4.69) is 30.5 Å². The van der Waals surface area contributed by atoms with Crippen LogP contribution in [0.25, 0.3) is 0 Å². The van der Waals surface area contributed by atoms with Crippen LogP contribution in [0.2, 0.25) is 0 Å². The zero-order chi connectivity index (χ0) is 64.4. The topological polar surface area (TPSA) is 252 Å². The highest BCUT2D eigenvalue weighted by Crippen LogP contribution is 2.52. The van der Waals surface area contributed by atoms with Crippen LogP contribution in [0.5, 0.6) is 11.5 Å². The van der Waals surface area contributed by atoms with E-state index in [9.17, 15) is 28.9 Å². The molecular formula is C71H96O18P2. The fourth-order valence-corrected chi connectivity index (χ4v) is 15.3. The van der Waals surface area contributed by atoms with Gasteiger partial charge in [-0.2, -0.15) is 0 Å². The Kier molecular flexibility index (Phi) is 29.1. The van der Waals surface area contributed by atoms with Crippen LogP contribution in [0.15, 0.2) is 127 Å². The molecule has 10 atom stereocenters. The molecule has 5 aromatic carbocycles. The van der Waals surface area contributed by atoms with E-state index in [4.69, 9.17) is 52.1 Å². The van der Waals surface area contributed by atoms with Crippen molar-refractivity contribution in [3.05, 3.63) is 166 Å². The van der Waals surface area contributed by atoms with Crippen LogP contribution in [0.4, 0.5) is 0 Å². The predicted molar refractivity (Wildman–Crippen MR) is 345 cm³/mol. The Morgan fingerprint density at radius 2 is 0.945 bits per heavy atom. The molecule has 0 spiro atoms. The third kappa shape index (κ3) is 23.3. The number of rotatable bonds is 38. The number of hydrogen-bond donors (Lipinski definition) is 5. The van der Waals surface area contributed by atoms with Gasteiger partial charge in [0.2, 0.25) is 0 Å². The Bertz CT molecular complexity index is 3010. The van der Waals surface area contributed by atoms with Crippen molar-refractivity contribution in [1.82, 2.24) is 0 Å². The Labute approximate surface area is 537 Å². The number of phosphoric ester groups is 2. The number of phosphoric acid groups is 2. The lowest BCUT2D eigenvalue weighted by Crippen LogP contribution is -2.28. The summed E-state index contributed by atoms with van der Waals surface area (Å²) in [5, 5.41) is 31.3. The van der Waals surface area contributed by atoms with E-state index in [1.54, 1.807) is 0 Å². The van der Waals surface area contributed by atoms with Gasteiger partial charge in [0.05, 0.1) is 64.1 Å². The van der Waals surface area contributed by atoms with Gasteiger partial charge in [-0.1, -0.05) is 168 Å². The number of hydrogen-bond acceptors (Lipinski definition) is 15. The molecule has 18 nitrogen and oxygen atoms in total. The van der Waals surface area contributed by atoms with Gasteiger partial charge in [0.25, 0.3) is 0 Å². The van der Waals surface area contributed by atoms with Gasteiger partial charge in [-0.05, 0) is 164 Å². The fourth-order valence-electron chi connectivity index (χ4n) is 13.9. The first kappa shape index (κ1) is 71.5. The molecule has 9 rings (SSSR count). The molecule has 0 aliphatic heterocycles. The molecule has 91 heavy (non-hydrogen) atoms. The smallest absolute Gasteiger partial charge is 0.475 e. The Hall–Kier alpha value is -5.30. The van der Waals surface area contributed by atoms with E-state index in [1.807, 2.05) is 115 Å². The summed E-state index contributed by atoms with van der Waals surface area (Å²) < 4.78 is 75.8. The van der Waals surface area contributed by atoms with Gasteiger partial charge in [-0.15, -0.1) is 0 Å². The third-order valence-electron chi connectivity index (χ3n) is 18.4. The molecule has 2 saturated carbocycles. The third-order valence-corrected chi connectivity index (χ3v) is 20.3. The summed E-state index contributed by atoms with van der Waals surface area (Å²) in [5.74, 6) is 1.64. The average molecular weight is 1300 g/mol. The highest BCUT2D eigenvalue weighted by atomic mass is 31.2. The maximum atomic E-state index is 13.8. The molecule has 0 saturated heterocycles. The fraction of sp³-hybridized carbons (Fsp3) is 0.549. The Morgan fingerprint density at radius 3 is 1.38 bits per heavy atom. The van der Waals surface area contributed by atoms with Crippen LogP contribution in [-0.2, 0) is 96.5 Å². The number of esters is 1. The molecule has 4 aliphatic rings. The molecule has 0 unspecified atom stereocenters. The zero-order valence-corrected chi connectivity index (χ0v) is 54.7. The van der Waals surface area contributed by atoms with Crippen molar-refractivity contribution in [3.8, 4) is 11.5 Å². The molecule has 498 valence electrons. The summed E-state index contributed by atoms with van der Waals surface area (Å²) in [6.45, 7) is 4.50. The number of carboxylic acid groups (broad SMARTS) is 1. The van der Waals surface area contributed by atoms with E-state index in [0.29, 0.717) is 29.4 Å². The quantitative estimate of drug-likeness (QED) is 0.0140. The van der Waals surface area contributed by atoms with Crippen molar-refractivity contribution in [2.24, 2.45) is 35.5 Å². The standard InChI is InChI=1S/C46H57O9P.C25H39O9P/c1-2-3-7-22-40(50-26-27-53-56(49,54-32-36-17-10-5-11-18-36)55-33-37-19-12-6-13-20-37)24-25-41-42-28-38-21-14-23-45(43(38)29-39(42)30-44(41)47)51-34-46(48)52-31-35-15-8-4-9-16-35;1-2-3-4-7-19(32-11-12-34-35(29,30)31)9-10-20-21-13-17-6-5-8-24(33-16-25(27)28)22(17)14-18(21)15-23(20)26/h4-6,8-21,23,39-42,44,47H,2-3,7,22,24-34H2,1H3;5-6,8,18-21,23,26H,2-4,7,9-16H2,1H3,(H,27,28)(H2,29,30,31)/t39-,40-,41+,42-,44+;18-,19-,20+,21-,23+/m00/s1. The summed E-state index contributed by atoms with van der Waals surface area (Å²) in [7, 11) is -8.39. The van der Waals surface area contributed by atoms with E-state index in [-0.39, 0.29) is 89.6 Å². The van der Waals surface area contributed by atoms with Gasteiger partial charge in [0, 0.05) is 0 Å². The van der Waals surface area contributed by atoms with Gasteiger partial charge >= 0.3 is 27.6 Å². The van der Waals surface area contributed by atoms with Crippen LogP contribution in [0.1, 0.15) is 143 Å². The number of benzene rings is 5. The zero-order valence-electron chi connectivity index (χ0n) is 52.9. The molecule has 0 heterocycles. The number of fused-ring (bicyclic) bond motifs is 4. The number of carbonyl (C=O) groups is 2. The van der Waals surface area contributed by atoms with E-state index < -0.39 is 33.7 Å². The monoisotopic (exact) mass is 1300 g/mol. The van der Waals surface area contributed by atoms with Gasteiger partial charge in [0.1, 0.15) is 18.1 Å². The number of carboxylic acids is 1. The summed E-state index contributed by atoms with van der Waals surface area (Å²) in [6, 6.07) is 40.5. The summed E-state index contributed by atoms with van der Waals surface area (Å²) >= 11 is 0. The first-order valence-electron chi connectivity index (χ1n) is 32.9.